The van der Waals surface area contributed by atoms with E-state index in [0.29, 0.717) is 50.0 Å². The monoisotopic (exact) mass is 536 g/mol. The zero-order chi connectivity index (χ0) is 27.4. The summed E-state index contributed by atoms with van der Waals surface area (Å²) in [4.78, 5) is 32.2. The normalized spacial score (nSPS) is 15.2. The van der Waals surface area contributed by atoms with E-state index in [1.54, 1.807) is 37.7 Å². The van der Waals surface area contributed by atoms with Gasteiger partial charge in [-0.15, -0.1) is 0 Å². The minimum Gasteiger partial charge on any atom is -0.493 e. The standard InChI is InChI=1S/C29H32N2O6S/c1-7-35-23-15-19(13-14-22(23)34-6)16-24-27(32)31-26(20-11-9-10-12-21(20)37-17(3)4)25(28(33)36-8-2)18(5)30-29(31)38-24/h9-17,26H,7-8H2,1-6H3/b24-16-/t26-/m1/s1. The highest BCUT2D eigenvalue weighted by Gasteiger charge is 2.35. The number of methoxy groups -OCH3 is 1. The molecule has 0 saturated heterocycles. The highest BCUT2D eigenvalue weighted by atomic mass is 32.1. The van der Waals surface area contributed by atoms with Crippen LogP contribution in [-0.4, -0.2) is 37.0 Å². The van der Waals surface area contributed by atoms with Crippen molar-refractivity contribution in [2.24, 2.45) is 4.99 Å². The minimum atomic E-state index is -0.753. The quantitative estimate of drug-likeness (QED) is 0.384. The van der Waals surface area contributed by atoms with Crippen molar-refractivity contribution in [2.45, 2.75) is 46.8 Å². The number of esters is 1. The lowest BCUT2D eigenvalue weighted by Crippen LogP contribution is -2.40. The molecule has 200 valence electrons. The Morgan fingerprint density at radius 2 is 1.87 bits per heavy atom. The summed E-state index contributed by atoms with van der Waals surface area (Å²) in [6, 6.07) is 12.2. The molecular weight excluding hydrogens is 504 g/mol. The van der Waals surface area contributed by atoms with Gasteiger partial charge in [0, 0.05) is 5.56 Å². The number of ether oxygens (including phenoxy) is 4. The predicted molar refractivity (Wildman–Crippen MR) is 147 cm³/mol. The number of aromatic nitrogens is 1. The topological polar surface area (TPSA) is 88.4 Å². The zero-order valence-corrected chi connectivity index (χ0v) is 23.3. The lowest BCUT2D eigenvalue weighted by atomic mass is 9.95. The third-order valence-corrected chi connectivity index (χ3v) is 6.86. The number of nitrogens with zero attached hydrogens (tertiary/aromatic N) is 2. The second-order valence-electron chi connectivity index (χ2n) is 8.85. The zero-order valence-electron chi connectivity index (χ0n) is 22.4. The van der Waals surface area contributed by atoms with E-state index in [1.807, 2.05) is 57.2 Å². The van der Waals surface area contributed by atoms with Gasteiger partial charge in [-0.25, -0.2) is 9.79 Å². The molecule has 2 heterocycles. The molecule has 0 radical (unpaired) electrons. The summed E-state index contributed by atoms with van der Waals surface area (Å²) in [5.74, 6) is 1.29. The van der Waals surface area contributed by atoms with Gasteiger partial charge in [-0.2, -0.15) is 0 Å². The fourth-order valence-electron chi connectivity index (χ4n) is 4.36. The molecular formula is C29H32N2O6S. The molecule has 0 saturated carbocycles. The Hall–Kier alpha value is -3.85. The molecule has 0 bridgehead atoms. The molecule has 38 heavy (non-hydrogen) atoms. The number of hydrogen-bond donors (Lipinski definition) is 0. The van der Waals surface area contributed by atoms with E-state index in [4.69, 9.17) is 18.9 Å². The molecule has 4 rings (SSSR count). The van der Waals surface area contributed by atoms with Crippen molar-refractivity contribution in [3.05, 3.63) is 84.5 Å². The Morgan fingerprint density at radius 3 is 2.55 bits per heavy atom. The molecule has 8 nitrogen and oxygen atoms in total. The van der Waals surface area contributed by atoms with E-state index in [9.17, 15) is 9.59 Å². The molecule has 0 amide bonds. The van der Waals surface area contributed by atoms with Gasteiger partial charge in [0.05, 0.1) is 42.2 Å². The smallest absolute Gasteiger partial charge is 0.338 e. The minimum absolute atomic E-state index is 0.0993. The first-order valence-corrected chi connectivity index (χ1v) is 13.4. The number of hydrogen-bond acceptors (Lipinski definition) is 8. The van der Waals surface area contributed by atoms with Crippen LogP contribution in [0.5, 0.6) is 17.2 Å². The van der Waals surface area contributed by atoms with Crippen LogP contribution < -0.4 is 29.1 Å². The number of carbonyl (C=O) groups is 1. The first-order chi connectivity index (χ1) is 18.3. The van der Waals surface area contributed by atoms with Gasteiger partial charge in [-0.05, 0) is 64.5 Å². The van der Waals surface area contributed by atoms with Crippen LogP contribution in [0.2, 0.25) is 0 Å². The Labute approximate surface area is 225 Å². The SMILES string of the molecule is CCOC(=O)C1=C(C)N=c2s/c(=C\c3ccc(OC)c(OCC)c3)c(=O)n2[C@@H]1c1ccccc1OC(C)C. The predicted octanol–water partition coefficient (Wildman–Crippen LogP) is 3.99. The van der Waals surface area contributed by atoms with Crippen LogP contribution in [0, 0.1) is 0 Å². The summed E-state index contributed by atoms with van der Waals surface area (Å²) in [6.45, 7) is 9.96. The molecule has 1 aliphatic rings. The molecule has 0 N–H and O–H groups in total. The molecule has 0 fully saturated rings. The van der Waals surface area contributed by atoms with Crippen LogP contribution in [0.15, 0.2) is 63.5 Å². The molecule has 0 unspecified atom stereocenters. The second-order valence-corrected chi connectivity index (χ2v) is 9.86. The van der Waals surface area contributed by atoms with Crippen molar-refractivity contribution < 1.29 is 23.7 Å². The number of carbonyl (C=O) groups excluding carboxylic acids is 1. The maximum absolute atomic E-state index is 13.9. The third-order valence-electron chi connectivity index (χ3n) is 5.88. The summed E-state index contributed by atoms with van der Waals surface area (Å²) in [7, 11) is 1.58. The number of para-hydroxylation sites is 1. The fraction of sp³-hybridized carbons (Fsp3) is 0.345. The number of rotatable bonds is 9. The largest absolute Gasteiger partial charge is 0.493 e. The van der Waals surface area contributed by atoms with Gasteiger partial charge in [-0.1, -0.05) is 35.6 Å². The maximum Gasteiger partial charge on any atom is 0.338 e. The highest BCUT2D eigenvalue weighted by Crippen LogP contribution is 2.36. The Morgan fingerprint density at radius 1 is 1.11 bits per heavy atom. The Bertz CT molecular complexity index is 1550. The summed E-state index contributed by atoms with van der Waals surface area (Å²) in [6.07, 6.45) is 1.70. The van der Waals surface area contributed by atoms with Crippen molar-refractivity contribution in [2.75, 3.05) is 20.3 Å². The number of fused-ring (bicyclic) bond motifs is 1. The molecule has 0 aliphatic carbocycles. The summed E-state index contributed by atoms with van der Waals surface area (Å²) in [5.41, 5.74) is 2.02. The van der Waals surface area contributed by atoms with Crippen molar-refractivity contribution in [3.63, 3.8) is 0 Å². The molecule has 3 aromatic rings. The summed E-state index contributed by atoms with van der Waals surface area (Å²) in [5, 5.41) is 0. The highest BCUT2D eigenvalue weighted by molar-refractivity contribution is 7.07. The van der Waals surface area contributed by atoms with Gasteiger partial charge in [0.2, 0.25) is 0 Å². The number of benzene rings is 2. The average Bonchev–Trinajstić information content (AvgIpc) is 3.18. The van der Waals surface area contributed by atoms with Crippen molar-refractivity contribution in [1.29, 1.82) is 0 Å². The van der Waals surface area contributed by atoms with Crippen LogP contribution in [-0.2, 0) is 9.53 Å². The molecule has 1 aromatic heterocycles. The average molecular weight is 537 g/mol. The van der Waals surface area contributed by atoms with Crippen molar-refractivity contribution in [1.82, 2.24) is 4.57 Å². The van der Waals surface area contributed by atoms with Crippen LogP contribution in [0.3, 0.4) is 0 Å². The van der Waals surface area contributed by atoms with Crippen molar-refractivity contribution in [3.8, 4) is 17.2 Å². The number of allylic oxidation sites excluding steroid dienone is 1. The molecule has 1 atom stereocenters. The van der Waals surface area contributed by atoms with E-state index in [2.05, 4.69) is 4.99 Å². The van der Waals surface area contributed by atoms with Gasteiger partial charge in [0.15, 0.2) is 16.3 Å². The fourth-order valence-corrected chi connectivity index (χ4v) is 5.40. The second kappa shape index (κ2) is 11.7. The van der Waals surface area contributed by atoms with Gasteiger partial charge in [0.25, 0.3) is 5.56 Å². The number of thiazole rings is 1. The van der Waals surface area contributed by atoms with Gasteiger partial charge in [-0.3, -0.25) is 9.36 Å². The lowest BCUT2D eigenvalue weighted by Gasteiger charge is -2.26. The van der Waals surface area contributed by atoms with Crippen LogP contribution in [0.4, 0.5) is 0 Å². The van der Waals surface area contributed by atoms with E-state index < -0.39 is 12.0 Å². The van der Waals surface area contributed by atoms with E-state index in [0.717, 1.165) is 5.56 Å². The third kappa shape index (κ3) is 5.38. The van der Waals surface area contributed by atoms with Gasteiger partial charge < -0.3 is 18.9 Å². The first-order valence-electron chi connectivity index (χ1n) is 12.5. The van der Waals surface area contributed by atoms with E-state index in [1.165, 1.54) is 11.3 Å². The maximum atomic E-state index is 13.9. The van der Waals surface area contributed by atoms with E-state index >= 15 is 0 Å². The van der Waals surface area contributed by atoms with Crippen LogP contribution >= 0.6 is 11.3 Å². The van der Waals surface area contributed by atoms with Crippen LogP contribution in [0.1, 0.15) is 51.8 Å². The lowest BCUT2D eigenvalue weighted by molar-refractivity contribution is -0.139. The summed E-state index contributed by atoms with van der Waals surface area (Å²) >= 11 is 1.26. The van der Waals surface area contributed by atoms with Gasteiger partial charge >= 0.3 is 5.97 Å². The van der Waals surface area contributed by atoms with E-state index in [-0.39, 0.29) is 18.3 Å². The van der Waals surface area contributed by atoms with Crippen molar-refractivity contribution >= 4 is 23.4 Å². The molecule has 1 aliphatic heterocycles. The molecule has 9 heteroatoms. The first kappa shape index (κ1) is 27.2. The Kier molecular flexibility index (Phi) is 8.36. The molecule has 2 aromatic carbocycles. The van der Waals surface area contributed by atoms with Gasteiger partial charge in [0.1, 0.15) is 11.8 Å². The summed E-state index contributed by atoms with van der Waals surface area (Å²) < 4.78 is 24.6. The Balaban J connectivity index is 1.94. The molecule has 0 spiro atoms. The van der Waals surface area contributed by atoms with Crippen LogP contribution in [0.25, 0.3) is 6.08 Å².